The standard InChI is InChI=1S/C18H35FOSi/c1-5-7-9-15-18(21(3,4)19)20-17(12-6-2)16-13-10-8-11-14-16/h6,16-18H,2,5,7-15H2,1,3-4H3/t17-,18+/m1/s1. The number of hydrogen-bond acceptors (Lipinski definition) is 1. The normalized spacial score (nSPS) is 20.2. The van der Waals surface area contributed by atoms with Gasteiger partial charge in [0.15, 0.2) is 0 Å². The molecule has 1 rings (SSSR count). The molecule has 0 spiro atoms. The molecule has 0 bridgehead atoms. The number of unbranched alkanes of at least 4 members (excludes halogenated alkanes) is 2. The number of halogens is 1. The Labute approximate surface area is 132 Å². The summed E-state index contributed by atoms with van der Waals surface area (Å²) in [5.74, 6) is 0.613. The highest BCUT2D eigenvalue weighted by atomic mass is 28.4. The largest absolute Gasteiger partial charge is 0.375 e. The van der Waals surface area contributed by atoms with Crippen LogP contribution < -0.4 is 0 Å². The van der Waals surface area contributed by atoms with E-state index in [1.807, 2.05) is 6.08 Å². The first-order valence-electron chi connectivity index (χ1n) is 8.94. The van der Waals surface area contributed by atoms with Crippen molar-refractivity contribution in [3.63, 3.8) is 0 Å². The zero-order valence-corrected chi connectivity index (χ0v) is 15.4. The van der Waals surface area contributed by atoms with Gasteiger partial charge in [-0.25, -0.2) is 0 Å². The summed E-state index contributed by atoms with van der Waals surface area (Å²) >= 11 is 0. The van der Waals surface area contributed by atoms with Gasteiger partial charge in [0, 0.05) is 0 Å². The van der Waals surface area contributed by atoms with E-state index in [2.05, 4.69) is 13.5 Å². The van der Waals surface area contributed by atoms with Gasteiger partial charge >= 0.3 is 0 Å². The van der Waals surface area contributed by atoms with Crippen molar-refractivity contribution in [1.82, 2.24) is 0 Å². The van der Waals surface area contributed by atoms with E-state index in [0.717, 1.165) is 19.3 Å². The minimum absolute atomic E-state index is 0.143. The van der Waals surface area contributed by atoms with Gasteiger partial charge in [-0.15, -0.1) is 6.58 Å². The van der Waals surface area contributed by atoms with E-state index in [1.165, 1.54) is 44.9 Å². The van der Waals surface area contributed by atoms with E-state index >= 15 is 0 Å². The van der Waals surface area contributed by atoms with E-state index in [0.29, 0.717) is 5.92 Å². The van der Waals surface area contributed by atoms with Crippen LogP contribution in [0.1, 0.15) is 71.1 Å². The molecule has 0 N–H and O–H groups in total. The molecule has 21 heavy (non-hydrogen) atoms. The quantitative estimate of drug-likeness (QED) is 0.202. The molecule has 0 unspecified atom stereocenters. The zero-order chi connectivity index (χ0) is 15.7. The van der Waals surface area contributed by atoms with Crippen LogP contribution in [0.5, 0.6) is 0 Å². The highest BCUT2D eigenvalue weighted by Gasteiger charge is 2.37. The maximum Gasteiger partial charge on any atom is 0.269 e. The van der Waals surface area contributed by atoms with Crippen molar-refractivity contribution in [1.29, 1.82) is 0 Å². The molecule has 0 aliphatic heterocycles. The Morgan fingerprint density at radius 1 is 1.24 bits per heavy atom. The average Bonchev–Trinajstić information content (AvgIpc) is 2.45. The summed E-state index contributed by atoms with van der Waals surface area (Å²) in [6.45, 7) is 9.67. The van der Waals surface area contributed by atoms with Crippen LogP contribution >= 0.6 is 0 Å². The molecule has 0 heterocycles. The third kappa shape index (κ3) is 7.10. The van der Waals surface area contributed by atoms with Crippen molar-refractivity contribution in [3.8, 4) is 0 Å². The second kappa shape index (κ2) is 9.78. The van der Waals surface area contributed by atoms with Gasteiger partial charge in [-0.1, -0.05) is 51.5 Å². The van der Waals surface area contributed by atoms with Crippen LogP contribution in [-0.2, 0) is 4.74 Å². The smallest absolute Gasteiger partial charge is 0.269 e. The molecule has 2 atom stereocenters. The molecule has 124 valence electrons. The summed E-state index contributed by atoms with van der Waals surface area (Å²) in [5.41, 5.74) is -0.143. The molecule has 1 saturated carbocycles. The van der Waals surface area contributed by atoms with Crippen molar-refractivity contribution < 1.29 is 8.84 Å². The second-order valence-corrected chi connectivity index (χ2v) is 10.9. The van der Waals surface area contributed by atoms with Gasteiger partial charge in [0.25, 0.3) is 8.41 Å². The fraction of sp³-hybridized carbons (Fsp3) is 0.889. The summed E-state index contributed by atoms with van der Waals surface area (Å²) in [7, 11) is -2.75. The summed E-state index contributed by atoms with van der Waals surface area (Å²) in [6.07, 6.45) is 13.8. The molecule has 1 aliphatic rings. The van der Waals surface area contributed by atoms with Crippen molar-refractivity contribution in [3.05, 3.63) is 12.7 Å². The van der Waals surface area contributed by atoms with E-state index in [-0.39, 0.29) is 11.8 Å². The Morgan fingerprint density at radius 3 is 2.43 bits per heavy atom. The highest BCUT2D eigenvalue weighted by molar-refractivity contribution is 6.71. The van der Waals surface area contributed by atoms with Crippen LogP contribution in [0, 0.1) is 5.92 Å². The van der Waals surface area contributed by atoms with Crippen LogP contribution in [0.3, 0.4) is 0 Å². The lowest BCUT2D eigenvalue weighted by Crippen LogP contribution is -2.43. The topological polar surface area (TPSA) is 9.23 Å². The SMILES string of the molecule is C=CC[C@@H](O[C@H](CCCCC)[Si](C)(C)F)C1CCCCC1. The maximum absolute atomic E-state index is 14.6. The number of ether oxygens (including phenoxy) is 1. The van der Waals surface area contributed by atoms with Crippen LogP contribution in [0.4, 0.5) is 4.11 Å². The van der Waals surface area contributed by atoms with Crippen molar-refractivity contribution in [2.75, 3.05) is 0 Å². The third-order valence-electron chi connectivity index (χ3n) is 4.75. The van der Waals surface area contributed by atoms with Gasteiger partial charge in [-0.2, -0.15) is 0 Å². The molecule has 0 aromatic carbocycles. The van der Waals surface area contributed by atoms with Crippen LogP contribution in [0.25, 0.3) is 0 Å². The van der Waals surface area contributed by atoms with Gasteiger partial charge in [0.05, 0.1) is 11.8 Å². The molecular weight excluding hydrogens is 279 g/mol. The van der Waals surface area contributed by atoms with Crippen LogP contribution in [0.2, 0.25) is 13.1 Å². The molecule has 1 aliphatic carbocycles. The summed E-state index contributed by atoms with van der Waals surface area (Å²) in [4.78, 5) is 0. The van der Waals surface area contributed by atoms with E-state index in [4.69, 9.17) is 4.74 Å². The first kappa shape index (κ1) is 18.9. The molecule has 1 nitrogen and oxygen atoms in total. The van der Waals surface area contributed by atoms with Gasteiger partial charge in [0.1, 0.15) is 0 Å². The highest BCUT2D eigenvalue weighted by Crippen LogP contribution is 2.32. The van der Waals surface area contributed by atoms with Gasteiger partial charge < -0.3 is 8.84 Å². The lowest BCUT2D eigenvalue weighted by atomic mass is 9.84. The lowest BCUT2D eigenvalue weighted by Gasteiger charge is -2.35. The van der Waals surface area contributed by atoms with Crippen molar-refractivity contribution >= 4 is 8.41 Å². The van der Waals surface area contributed by atoms with Crippen LogP contribution in [0.15, 0.2) is 12.7 Å². The molecule has 3 heteroatoms. The zero-order valence-electron chi connectivity index (χ0n) is 14.4. The number of rotatable bonds is 10. The summed E-state index contributed by atoms with van der Waals surface area (Å²) in [6, 6.07) is 0. The monoisotopic (exact) mass is 314 g/mol. The molecule has 0 amide bonds. The first-order valence-corrected chi connectivity index (χ1v) is 11.9. The molecular formula is C18H35FOSi. The summed E-state index contributed by atoms with van der Waals surface area (Å²) in [5, 5.41) is 0. The number of hydrogen-bond donors (Lipinski definition) is 0. The Hall–Kier alpha value is -0.153. The van der Waals surface area contributed by atoms with E-state index in [9.17, 15) is 4.11 Å². The molecule has 0 saturated heterocycles. The van der Waals surface area contributed by atoms with Gasteiger partial charge in [-0.05, 0) is 44.7 Å². The average molecular weight is 315 g/mol. The Morgan fingerprint density at radius 2 is 1.90 bits per heavy atom. The minimum atomic E-state index is -2.75. The van der Waals surface area contributed by atoms with Crippen molar-refractivity contribution in [2.45, 2.75) is 96.1 Å². The summed E-state index contributed by atoms with van der Waals surface area (Å²) < 4.78 is 21.0. The Bertz CT molecular complexity index is 281. The van der Waals surface area contributed by atoms with Crippen molar-refractivity contribution in [2.24, 2.45) is 5.92 Å². The van der Waals surface area contributed by atoms with Crippen LogP contribution in [-0.4, -0.2) is 20.2 Å². The molecule has 0 aromatic heterocycles. The Balaban J connectivity index is 2.63. The Kier molecular flexibility index (Phi) is 8.80. The fourth-order valence-corrected chi connectivity index (χ4v) is 4.78. The maximum atomic E-state index is 14.6. The van der Waals surface area contributed by atoms with E-state index < -0.39 is 8.41 Å². The van der Waals surface area contributed by atoms with E-state index in [1.54, 1.807) is 13.1 Å². The molecule has 0 radical (unpaired) electrons. The molecule has 0 aromatic rings. The fourth-order valence-electron chi connectivity index (χ4n) is 3.39. The second-order valence-electron chi connectivity index (χ2n) is 7.15. The first-order chi connectivity index (χ1) is 9.99. The molecule has 1 fully saturated rings. The van der Waals surface area contributed by atoms with Gasteiger partial charge in [0.2, 0.25) is 0 Å². The lowest BCUT2D eigenvalue weighted by molar-refractivity contribution is -0.0262. The van der Waals surface area contributed by atoms with Gasteiger partial charge in [-0.3, -0.25) is 0 Å². The predicted molar refractivity (Wildman–Crippen MR) is 92.8 cm³/mol. The minimum Gasteiger partial charge on any atom is -0.375 e. The third-order valence-corrected chi connectivity index (χ3v) is 6.71. The predicted octanol–water partition coefficient (Wildman–Crippen LogP) is 6.19.